The molecule has 0 heterocycles. The summed E-state index contributed by atoms with van der Waals surface area (Å²) in [6.45, 7) is 0.966. The van der Waals surface area contributed by atoms with E-state index in [1.54, 1.807) is 7.05 Å². The van der Waals surface area contributed by atoms with Gasteiger partial charge in [-0.2, -0.15) is 0 Å². The molecule has 0 amide bonds. The van der Waals surface area contributed by atoms with Crippen molar-refractivity contribution in [2.75, 3.05) is 13.6 Å². The Bertz CT molecular complexity index is 151. The molecule has 0 aromatic rings. The second kappa shape index (κ2) is 4.98. The predicted molar refractivity (Wildman–Crippen MR) is 50.6 cm³/mol. The Kier molecular flexibility index (Phi) is 3.87. The number of nitrogens with two attached hydrogens (primary N) is 1. The number of nitrogens with one attached hydrogen (secondary N) is 2. The Morgan fingerprint density at radius 3 is 2.83 bits per heavy atom. The molecule has 1 saturated carbocycles. The van der Waals surface area contributed by atoms with E-state index in [9.17, 15) is 0 Å². The summed E-state index contributed by atoms with van der Waals surface area (Å²) in [6, 6.07) is 0. The third-order valence-electron chi connectivity index (χ3n) is 2.14. The number of hydrazine groups is 1. The molecule has 70 valence electrons. The van der Waals surface area contributed by atoms with E-state index in [1.165, 1.54) is 25.7 Å². The molecule has 1 rings (SSSR count). The summed E-state index contributed by atoms with van der Waals surface area (Å²) in [4.78, 5) is 3.91. The third-order valence-corrected chi connectivity index (χ3v) is 2.14. The number of rotatable bonds is 4. The lowest BCUT2D eigenvalue weighted by Gasteiger charge is -2.06. The van der Waals surface area contributed by atoms with E-state index < -0.39 is 0 Å². The normalized spacial score (nSPS) is 17.7. The van der Waals surface area contributed by atoms with Crippen LogP contribution in [-0.4, -0.2) is 19.6 Å². The van der Waals surface area contributed by atoms with Crippen molar-refractivity contribution in [1.82, 2.24) is 10.7 Å². The highest BCUT2D eigenvalue weighted by atomic mass is 15.3. The molecule has 0 aliphatic heterocycles. The van der Waals surface area contributed by atoms with Gasteiger partial charge in [0.25, 0.3) is 0 Å². The van der Waals surface area contributed by atoms with E-state index >= 15 is 0 Å². The van der Waals surface area contributed by atoms with Crippen LogP contribution in [0.25, 0.3) is 0 Å². The van der Waals surface area contributed by atoms with Gasteiger partial charge in [0.15, 0.2) is 0 Å². The Morgan fingerprint density at radius 1 is 1.58 bits per heavy atom. The van der Waals surface area contributed by atoms with Crippen molar-refractivity contribution >= 4 is 5.96 Å². The van der Waals surface area contributed by atoms with Crippen LogP contribution in [0.15, 0.2) is 4.99 Å². The van der Waals surface area contributed by atoms with Gasteiger partial charge in [-0.25, -0.2) is 5.84 Å². The average Bonchev–Trinajstić information content (AvgIpc) is 2.89. The summed E-state index contributed by atoms with van der Waals surface area (Å²) >= 11 is 0. The largest absolute Gasteiger partial charge is 0.355 e. The molecule has 4 N–H and O–H groups in total. The Morgan fingerprint density at radius 2 is 2.33 bits per heavy atom. The van der Waals surface area contributed by atoms with Gasteiger partial charge in [0.2, 0.25) is 5.96 Å². The van der Waals surface area contributed by atoms with Gasteiger partial charge < -0.3 is 5.32 Å². The Hall–Kier alpha value is -0.770. The van der Waals surface area contributed by atoms with Crippen molar-refractivity contribution in [1.29, 1.82) is 0 Å². The van der Waals surface area contributed by atoms with Crippen LogP contribution in [0, 0.1) is 5.92 Å². The van der Waals surface area contributed by atoms with Crippen LogP contribution in [-0.2, 0) is 0 Å². The molecule has 0 atom stereocenters. The van der Waals surface area contributed by atoms with Crippen LogP contribution >= 0.6 is 0 Å². The van der Waals surface area contributed by atoms with Crippen molar-refractivity contribution < 1.29 is 0 Å². The van der Waals surface area contributed by atoms with Crippen molar-refractivity contribution in [3.8, 4) is 0 Å². The molecule has 4 heteroatoms. The maximum absolute atomic E-state index is 5.19. The fourth-order valence-electron chi connectivity index (χ4n) is 1.20. The lowest BCUT2D eigenvalue weighted by atomic mass is 10.2. The van der Waals surface area contributed by atoms with Gasteiger partial charge in [-0.3, -0.25) is 10.4 Å². The number of nitrogens with zero attached hydrogens (tertiary/aromatic N) is 1. The molecule has 0 saturated heterocycles. The third kappa shape index (κ3) is 3.57. The monoisotopic (exact) mass is 170 g/mol. The fourth-order valence-corrected chi connectivity index (χ4v) is 1.20. The Labute approximate surface area is 73.6 Å². The van der Waals surface area contributed by atoms with E-state index in [0.29, 0.717) is 5.96 Å². The topological polar surface area (TPSA) is 62.4 Å². The lowest BCUT2D eigenvalue weighted by Crippen LogP contribution is -2.41. The first-order valence-electron chi connectivity index (χ1n) is 4.54. The average molecular weight is 170 g/mol. The van der Waals surface area contributed by atoms with Gasteiger partial charge >= 0.3 is 0 Å². The molecule has 0 aromatic heterocycles. The quantitative estimate of drug-likeness (QED) is 0.186. The fraction of sp³-hybridized carbons (Fsp3) is 0.875. The molecule has 0 radical (unpaired) electrons. The molecular weight excluding hydrogens is 152 g/mol. The van der Waals surface area contributed by atoms with Crippen molar-refractivity contribution in [3.63, 3.8) is 0 Å². The molecule has 0 unspecified atom stereocenters. The van der Waals surface area contributed by atoms with Gasteiger partial charge in [0.05, 0.1) is 0 Å². The van der Waals surface area contributed by atoms with Crippen LogP contribution in [0.3, 0.4) is 0 Å². The Balaban J connectivity index is 1.92. The minimum atomic E-state index is 0.672. The van der Waals surface area contributed by atoms with E-state index in [4.69, 9.17) is 5.84 Å². The second-order valence-electron chi connectivity index (χ2n) is 3.23. The summed E-state index contributed by atoms with van der Waals surface area (Å²) in [5.74, 6) is 6.88. The predicted octanol–water partition coefficient (Wildman–Crippen LogP) is 0.215. The van der Waals surface area contributed by atoms with E-state index in [0.717, 1.165) is 12.5 Å². The van der Waals surface area contributed by atoms with Crippen LogP contribution in [0.2, 0.25) is 0 Å². The van der Waals surface area contributed by atoms with Crippen LogP contribution < -0.4 is 16.6 Å². The summed E-state index contributed by atoms with van der Waals surface area (Å²) < 4.78 is 0. The molecule has 1 fully saturated rings. The van der Waals surface area contributed by atoms with Gasteiger partial charge in [0.1, 0.15) is 0 Å². The minimum Gasteiger partial charge on any atom is -0.355 e. The van der Waals surface area contributed by atoms with Gasteiger partial charge in [0, 0.05) is 13.6 Å². The molecule has 0 bridgehead atoms. The highest BCUT2D eigenvalue weighted by Gasteiger charge is 2.19. The van der Waals surface area contributed by atoms with E-state index in [-0.39, 0.29) is 0 Å². The number of hydrogen-bond acceptors (Lipinski definition) is 2. The smallest absolute Gasteiger partial charge is 0.205 e. The first-order valence-corrected chi connectivity index (χ1v) is 4.54. The van der Waals surface area contributed by atoms with Gasteiger partial charge in [-0.15, -0.1) is 0 Å². The standard InChI is InChI=1S/C8H18N4/c1-10-8(12-9)11-6-2-3-7-4-5-7/h7H,2-6,9H2,1H3,(H2,10,11,12). The van der Waals surface area contributed by atoms with Crippen LogP contribution in [0.4, 0.5) is 0 Å². The summed E-state index contributed by atoms with van der Waals surface area (Å²) in [5, 5.41) is 3.12. The zero-order chi connectivity index (χ0) is 8.81. The highest BCUT2D eigenvalue weighted by molar-refractivity contribution is 5.78. The molecule has 4 nitrogen and oxygen atoms in total. The SMILES string of the molecule is CN=C(NN)NCCCC1CC1. The lowest BCUT2D eigenvalue weighted by molar-refractivity contribution is 0.646. The summed E-state index contributed by atoms with van der Waals surface area (Å²) in [7, 11) is 1.71. The minimum absolute atomic E-state index is 0.672. The maximum Gasteiger partial charge on any atom is 0.205 e. The van der Waals surface area contributed by atoms with Crippen molar-refractivity contribution in [2.45, 2.75) is 25.7 Å². The highest BCUT2D eigenvalue weighted by Crippen LogP contribution is 2.33. The molecule has 0 spiro atoms. The van der Waals surface area contributed by atoms with Gasteiger partial charge in [-0.05, 0) is 18.8 Å². The number of hydrogen-bond donors (Lipinski definition) is 3. The molecule has 1 aliphatic rings. The first kappa shape index (κ1) is 9.32. The number of aliphatic imine (C=N–C) groups is 1. The maximum atomic E-state index is 5.19. The zero-order valence-electron chi connectivity index (χ0n) is 7.64. The molecule has 0 aromatic carbocycles. The summed E-state index contributed by atoms with van der Waals surface area (Å²) in [6.07, 6.45) is 5.42. The van der Waals surface area contributed by atoms with Crippen molar-refractivity contribution in [3.05, 3.63) is 0 Å². The van der Waals surface area contributed by atoms with Gasteiger partial charge in [-0.1, -0.05) is 12.8 Å². The van der Waals surface area contributed by atoms with Crippen molar-refractivity contribution in [2.24, 2.45) is 16.8 Å². The summed E-state index contributed by atoms with van der Waals surface area (Å²) in [5.41, 5.74) is 2.49. The van der Waals surface area contributed by atoms with E-state index in [1.807, 2.05) is 0 Å². The number of guanidine groups is 1. The first-order chi connectivity index (χ1) is 5.86. The molecule has 1 aliphatic carbocycles. The van der Waals surface area contributed by atoms with E-state index in [2.05, 4.69) is 15.7 Å². The van der Waals surface area contributed by atoms with Crippen LogP contribution in [0.5, 0.6) is 0 Å². The second-order valence-corrected chi connectivity index (χ2v) is 3.23. The van der Waals surface area contributed by atoms with Crippen LogP contribution in [0.1, 0.15) is 25.7 Å². The zero-order valence-corrected chi connectivity index (χ0v) is 7.64. The molecular formula is C8H18N4. The molecule has 12 heavy (non-hydrogen) atoms.